The summed E-state index contributed by atoms with van der Waals surface area (Å²) in [7, 11) is 0. The van der Waals surface area contributed by atoms with Gasteiger partial charge in [-0.3, -0.25) is 9.59 Å². The number of hydrogen-bond donors (Lipinski definition) is 0. The lowest BCUT2D eigenvalue weighted by Gasteiger charge is -2.30. The van der Waals surface area contributed by atoms with Gasteiger partial charge >= 0.3 is 11.9 Å². The van der Waals surface area contributed by atoms with Crippen molar-refractivity contribution in [2.24, 2.45) is 11.8 Å². The number of rotatable bonds is 6. The molecule has 1 aromatic carbocycles. The topological polar surface area (TPSA) is 61.8 Å². The molecular weight excluding hydrogens is 308 g/mol. The summed E-state index contributed by atoms with van der Waals surface area (Å²) in [6.45, 7) is 3.24. The van der Waals surface area contributed by atoms with E-state index in [1.807, 2.05) is 30.3 Å². The van der Waals surface area contributed by atoms with Gasteiger partial charge in [-0.05, 0) is 30.7 Å². The first-order valence-electron chi connectivity index (χ1n) is 8.55. The lowest BCUT2D eigenvalue weighted by molar-refractivity contribution is -0.148. The Kier molecular flexibility index (Phi) is 5.19. The second-order valence-electron chi connectivity index (χ2n) is 6.67. The molecule has 0 amide bonds. The van der Waals surface area contributed by atoms with Gasteiger partial charge in [0.2, 0.25) is 0 Å². The molecule has 2 fully saturated rings. The third-order valence-corrected chi connectivity index (χ3v) is 5.04. The van der Waals surface area contributed by atoms with Crippen LogP contribution < -0.4 is 0 Å². The molecule has 2 bridgehead atoms. The van der Waals surface area contributed by atoms with Crippen LogP contribution in [0.5, 0.6) is 0 Å². The summed E-state index contributed by atoms with van der Waals surface area (Å²) in [5, 5.41) is 0. The van der Waals surface area contributed by atoms with Crippen LogP contribution >= 0.6 is 0 Å². The van der Waals surface area contributed by atoms with Crippen molar-refractivity contribution < 1.29 is 23.8 Å². The van der Waals surface area contributed by atoms with Crippen molar-refractivity contribution in [3.05, 3.63) is 35.9 Å². The molecule has 24 heavy (non-hydrogen) atoms. The first kappa shape index (κ1) is 17.0. The second-order valence-corrected chi connectivity index (χ2v) is 6.67. The van der Waals surface area contributed by atoms with E-state index in [4.69, 9.17) is 14.2 Å². The third-order valence-electron chi connectivity index (χ3n) is 5.04. The number of carbonyl (C=O) groups excluding carboxylic acids is 2. The molecule has 0 aromatic heterocycles. The minimum absolute atomic E-state index is 0.146. The summed E-state index contributed by atoms with van der Waals surface area (Å²) in [6.07, 6.45) is 2.74. The molecule has 5 atom stereocenters. The Hall–Kier alpha value is -1.88. The predicted molar refractivity (Wildman–Crippen MR) is 87.1 cm³/mol. The van der Waals surface area contributed by atoms with Gasteiger partial charge in [0.05, 0.1) is 18.8 Å². The zero-order valence-corrected chi connectivity index (χ0v) is 14.1. The summed E-state index contributed by atoms with van der Waals surface area (Å²) in [5.74, 6) is -0.150. The van der Waals surface area contributed by atoms with Crippen molar-refractivity contribution in [3.8, 4) is 0 Å². The molecule has 5 heteroatoms. The summed E-state index contributed by atoms with van der Waals surface area (Å²) >= 11 is 0. The number of ether oxygens (including phenoxy) is 3. The van der Waals surface area contributed by atoms with E-state index in [9.17, 15) is 9.59 Å². The van der Waals surface area contributed by atoms with E-state index >= 15 is 0 Å². The van der Waals surface area contributed by atoms with Crippen molar-refractivity contribution in [1.82, 2.24) is 0 Å². The summed E-state index contributed by atoms with van der Waals surface area (Å²) in [4.78, 5) is 22.7. The van der Waals surface area contributed by atoms with Gasteiger partial charge in [-0.2, -0.15) is 0 Å². The average molecular weight is 332 g/mol. The Balaban J connectivity index is 1.74. The highest BCUT2D eigenvalue weighted by Crippen LogP contribution is 2.47. The molecule has 2 aliphatic rings. The molecule has 3 rings (SSSR count). The first-order valence-corrected chi connectivity index (χ1v) is 8.55. The van der Waals surface area contributed by atoms with Gasteiger partial charge in [0, 0.05) is 19.8 Å². The zero-order valence-electron chi connectivity index (χ0n) is 14.1. The molecule has 2 heterocycles. The van der Waals surface area contributed by atoms with Crippen molar-refractivity contribution in [3.63, 3.8) is 0 Å². The van der Waals surface area contributed by atoms with Gasteiger partial charge in [-0.25, -0.2) is 0 Å². The fraction of sp³-hybridized carbons (Fsp3) is 0.579. The Labute approximate surface area is 142 Å². The van der Waals surface area contributed by atoms with E-state index in [2.05, 4.69) is 0 Å². The van der Waals surface area contributed by atoms with Gasteiger partial charge in [-0.15, -0.1) is 0 Å². The van der Waals surface area contributed by atoms with Crippen molar-refractivity contribution in [2.75, 3.05) is 6.61 Å². The highest BCUT2D eigenvalue weighted by Gasteiger charge is 2.50. The number of benzene rings is 1. The van der Waals surface area contributed by atoms with Crippen LogP contribution in [0.2, 0.25) is 0 Å². The quantitative estimate of drug-likeness (QED) is 0.749. The number of hydrogen-bond acceptors (Lipinski definition) is 5. The van der Waals surface area contributed by atoms with Crippen LogP contribution in [0.3, 0.4) is 0 Å². The molecule has 3 unspecified atom stereocenters. The Morgan fingerprint density at radius 1 is 1.08 bits per heavy atom. The van der Waals surface area contributed by atoms with Crippen molar-refractivity contribution in [1.29, 1.82) is 0 Å². The molecular formula is C19H24O5. The molecule has 0 aliphatic carbocycles. The first-order chi connectivity index (χ1) is 11.5. The van der Waals surface area contributed by atoms with E-state index in [1.165, 1.54) is 13.8 Å². The molecule has 130 valence electrons. The maximum Gasteiger partial charge on any atom is 0.303 e. The predicted octanol–water partition coefficient (Wildman–Crippen LogP) is 3.04. The largest absolute Gasteiger partial charge is 0.465 e. The molecule has 0 radical (unpaired) electrons. The van der Waals surface area contributed by atoms with Gasteiger partial charge in [-0.1, -0.05) is 30.3 Å². The molecule has 0 N–H and O–H groups in total. The van der Waals surface area contributed by atoms with Crippen LogP contribution in [0.1, 0.15) is 44.8 Å². The molecule has 0 spiro atoms. The lowest BCUT2D eigenvalue weighted by atomic mass is 9.76. The van der Waals surface area contributed by atoms with E-state index in [1.54, 1.807) is 0 Å². The summed E-state index contributed by atoms with van der Waals surface area (Å²) in [6, 6.07) is 9.78. The molecule has 0 saturated carbocycles. The fourth-order valence-corrected chi connectivity index (χ4v) is 4.01. The Bertz CT molecular complexity index is 585. The van der Waals surface area contributed by atoms with Gasteiger partial charge in [0.1, 0.15) is 6.10 Å². The van der Waals surface area contributed by atoms with E-state index in [0.717, 1.165) is 18.4 Å². The standard InChI is InChI=1S/C19H24O5/c1-12(20)22-11-16-15(17-8-9-18(16)24-17)10-19(23-13(2)21)14-6-4-3-5-7-14/h3-7,15-19H,8-11H2,1-2H3/t15-,16?,17?,18?,19-/m0/s1. The van der Waals surface area contributed by atoms with Gasteiger partial charge < -0.3 is 14.2 Å². The number of esters is 2. The summed E-state index contributed by atoms with van der Waals surface area (Å²) in [5.41, 5.74) is 0.988. The van der Waals surface area contributed by atoms with Crippen LogP contribution in [0.25, 0.3) is 0 Å². The molecule has 1 aromatic rings. The second kappa shape index (κ2) is 7.34. The normalized spacial score (nSPS) is 29.2. The van der Waals surface area contributed by atoms with E-state index in [0.29, 0.717) is 13.0 Å². The van der Waals surface area contributed by atoms with Crippen LogP contribution in [-0.4, -0.2) is 30.8 Å². The van der Waals surface area contributed by atoms with Crippen molar-refractivity contribution in [2.45, 2.75) is 51.4 Å². The summed E-state index contributed by atoms with van der Waals surface area (Å²) < 4.78 is 16.9. The van der Waals surface area contributed by atoms with E-state index in [-0.39, 0.29) is 42.1 Å². The minimum Gasteiger partial charge on any atom is -0.465 e. The number of fused-ring (bicyclic) bond motifs is 2. The fourth-order valence-electron chi connectivity index (χ4n) is 4.01. The third kappa shape index (κ3) is 3.78. The Morgan fingerprint density at radius 2 is 1.75 bits per heavy atom. The Morgan fingerprint density at radius 3 is 2.38 bits per heavy atom. The average Bonchev–Trinajstić information content (AvgIpc) is 3.14. The van der Waals surface area contributed by atoms with E-state index < -0.39 is 0 Å². The SMILES string of the molecule is CC(=O)OCC1C2CCC(O2)[C@H]1C[C@H](OC(C)=O)c1ccccc1. The maximum absolute atomic E-state index is 11.5. The monoisotopic (exact) mass is 332 g/mol. The molecule has 5 nitrogen and oxygen atoms in total. The highest BCUT2D eigenvalue weighted by atomic mass is 16.5. The van der Waals surface area contributed by atoms with Crippen LogP contribution in [-0.2, 0) is 23.8 Å². The molecule has 2 aliphatic heterocycles. The van der Waals surface area contributed by atoms with Crippen LogP contribution in [0, 0.1) is 11.8 Å². The lowest BCUT2D eigenvalue weighted by Crippen LogP contribution is -2.33. The van der Waals surface area contributed by atoms with Crippen LogP contribution in [0.15, 0.2) is 30.3 Å². The minimum atomic E-state index is -0.295. The van der Waals surface area contributed by atoms with Crippen molar-refractivity contribution >= 4 is 11.9 Å². The van der Waals surface area contributed by atoms with Gasteiger partial charge in [0.25, 0.3) is 0 Å². The zero-order chi connectivity index (χ0) is 17.1. The maximum atomic E-state index is 11.5. The van der Waals surface area contributed by atoms with Gasteiger partial charge in [0.15, 0.2) is 0 Å². The number of carbonyl (C=O) groups is 2. The smallest absolute Gasteiger partial charge is 0.303 e. The molecule has 2 saturated heterocycles. The van der Waals surface area contributed by atoms with Crippen LogP contribution in [0.4, 0.5) is 0 Å². The highest BCUT2D eigenvalue weighted by molar-refractivity contribution is 5.66.